The van der Waals surface area contributed by atoms with Gasteiger partial charge in [-0.05, 0) is 26.3 Å². The van der Waals surface area contributed by atoms with E-state index in [0.717, 1.165) is 31.7 Å². The molecule has 0 saturated carbocycles. The summed E-state index contributed by atoms with van der Waals surface area (Å²) in [6.45, 7) is 9.55. The van der Waals surface area contributed by atoms with Crippen LogP contribution >= 0.6 is 24.8 Å². The predicted molar refractivity (Wildman–Crippen MR) is 95.8 cm³/mol. The predicted octanol–water partition coefficient (Wildman–Crippen LogP) is 2.26. The fraction of sp³-hybridized carbons (Fsp3) is 0.562. The molecule has 1 saturated heterocycles. The number of amides is 1. The van der Waals surface area contributed by atoms with E-state index < -0.39 is 5.54 Å². The Bertz CT molecular complexity index is 458. The fourth-order valence-corrected chi connectivity index (χ4v) is 2.68. The minimum absolute atomic E-state index is 0. The molecule has 4 nitrogen and oxygen atoms in total. The normalized spacial score (nSPS) is 18.1. The molecule has 0 aromatic heterocycles. The standard InChI is InChI=1S/C16H25N3O.2ClH/c1-13(2)18-9-11-19(12-10-18)15(20)16(3,17)14-7-5-4-6-8-14;;/h4-8,13H,9-12,17H2,1-3H3;2*1H. The van der Waals surface area contributed by atoms with E-state index in [2.05, 4.69) is 18.7 Å². The molecule has 22 heavy (non-hydrogen) atoms. The van der Waals surface area contributed by atoms with Crippen LogP contribution in [0.5, 0.6) is 0 Å². The highest BCUT2D eigenvalue weighted by atomic mass is 35.5. The maximum atomic E-state index is 12.7. The summed E-state index contributed by atoms with van der Waals surface area (Å²) in [5.41, 5.74) is 6.23. The molecule has 2 rings (SSSR count). The van der Waals surface area contributed by atoms with Gasteiger partial charge in [-0.15, -0.1) is 24.8 Å². The number of halogens is 2. The van der Waals surface area contributed by atoms with Gasteiger partial charge in [0.05, 0.1) is 0 Å². The van der Waals surface area contributed by atoms with Crippen molar-refractivity contribution < 1.29 is 4.79 Å². The number of hydrogen-bond donors (Lipinski definition) is 1. The molecule has 6 heteroatoms. The van der Waals surface area contributed by atoms with E-state index in [1.54, 1.807) is 6.92 Å². The Morgan fingerprint density at radius 1 is 1.09 bits per heavy atom. The van der Waals surface area contributed by atoms with Crippen molar-refractivity contribution in [3.63, 3.8) is 0 Å². The first kappa shape index (κ1) is 21.2. The van der Waals surface area contributed by atoms with E-state index in [1.165, 1.54) is 0 Å². The van der Waals surface area contributed by atoms with Crippen molar-refractivity contribution in [1.29, 1.82) is 0 Å². The van der Waals surface area contributed by atoms with Gasteiger partial charge in [-0.3, -0.25) is 9.69 Å². The first-order valence-electron chi connectivity index (χ1n) is 7.30. The molecule has 1 aromatic carbocycles. The monoisotopic (exact) mass is 347 g/mol. The van der Waals surface area contributed by atoms with E-state index in [0.29, 0.717) is 6.04 Å². The lowest BCUT2D eigenvalue weighted by Crippen LogP contribution is -2.57. The van der Waals surface area contributed by atoms with Gasteiger partial charge in [-0.2, -0.15) is 0 Å². The van der Waals surface area contributed by atoms with Crippen LogP contribution in [0.3, 0.4) is 0 Å². The number of benzene rings is 1. The van der Waals surface area contributed by atoms with Gasteiger partial charge in [0.25, 0.3) is 0 Å². The molecule has 1 aromatic rings. The Labute approximate surface area is 145 Å². The van der Waals surface area contributed by atoms with Gasteiger partial charge in [0.2, 0.25) is 5.91 Å². The zero-order valence-electron chi connectivity index (χ0n) is 13.5. The van der Waals surface area contributed by atoms with Gasteiger partial charge in [-0.25, -0.2) is 0 Å². The van der Waals surface area contributed by atoms with Gasteiger partial charge in [0.1, 0.15) is 5.54 Å². The van der Waals surface area contributed by atoms with Crippen LogP contribution in [0.15, 0.2) is 30.3 Å². The first-order valence-corrected chi connectivity index (χ1v) is 7.30. The summed E-state index contributed by atoms with van der Waals surface area (Å²) in [6, 6.07) is 10.1. The Hall–Kier alpha value is -0.810. The molecular formula is C16H27Cl2N3O. The van der Waals surface area contributed by atoms with Crippen LogP contribution in [0, 0.1) is 0 Å². The lowest BCUT2D eigenvalue weighted by Gasteiger charge is -2.40. The second kappa shape index (κ2) is 8.73. The zero-order valence-corrected chi connectivity index (χ0v) is 15.1. The highest BCUT2D eigenvalue weighted by molar-refractivity contribution is 5.87. The van der Waals surface area contributed by atoms with Crippen LogP contribution in [0.25, 0.3) is 0 Å². The fourth-order valence-electron chi connectivity index (χ4n) is 2.68. The number of carbonyl (C=O) groups excluding carboxylic acids is 1. The number of nitrogens with two attached hydrogens (primary N) is 1. The van der Waals surface area contributed by atoms with Crippen molar-refractivity contribution >= 4 is 30.7 Å². The van der Waals surface area contributed by atoms with E-state index in [1.807, 2.05) is 35.2 Å². The molecule has 2 N–H and O–H groups in total. The lowest BCUT2D eigenvalue weighted by atomic mass is 9.91. The van der Waals surface area contributed by atoms with Gasteiger partial charge in [0, 0.05) is 32.2 Å². The smallest absolute Gasteiger partial charge is 0.247 e. The van der Waals surface area contributed by atoms with Crippen molar-refractivity contribution in [1.82, 2.24) is 9.80 Å². The Morgan fingerprint density at radius 2 is 1.59 bits per heavy atom. The molecule has 1 unspecified atom stereocenters. The Morgan fingerprint density at radius 3 is 2.05 bits per heavy atom. The van der Waals surface area contributed by atoms with Crippen LogP contribution in [-0.4, -0.2) is 47.9 Å². The Kier molecular flexibility index (Phi) is 8.40. The zero-order chi connectivity index (χ0) is 14.8. The average Bonchev–Trinajstić information content (AvgIpc) is 2.47. The summed E-state index contributed by atoms with van der Waals surface area (Å²) in [6.07, 6.45) is 0. The number of rotatable bonds is 3. The molecule has 0 bridgehead atoms. The third-order valence-electron chi connectivity index (χ3n) is 4.15. The molecule has 0 spiro atoms. The summed E-state index contributed by atoms with van der Waals surface area (Å²) < 4.78 is 0. The second-order valence-electron chi connectivity index (χ2n) is 5.99. The van der Waals surface area contributed by atoms with Crippen molar-refractivity contribution in [3.8, 4) is 0 Å². The molecule has 126 valence electrons. The van der Waals surface area contributed by atoms with Crippen LogP contribution in [-0.2, 0) is 10.3 Å². The van der Waals surface area contributed by atoms with Crippen LogP contribution in [0.4, 0.5) is 0 Å². The third kappa shape index (κ3) is 4.59. The van der Waals surface area contributed by atoms with Gasteiger partial charge in [-0.1, -0.05) is 30.3 Å². The van der Waals surface area contributed by atoms with Crippen molar-refractivity contribution in [2.75, 3.05) is 26.2 Å². The third-order valence-corrected chi connectivity index (χ3v) is 4.15. The van der Waals surface area contributed by atoms with Crippen LogP contribution in [0.2, 0.25) is 0 Å². The van der Waals surface area contributed by atoms with Crippen LogP contribution in [0.1, 0.15) is 26.3 Å². The molecule has 1 aliphatic rings. The summed E-state index contributed by atoms with van der Waals surface area (Å²) in [4.78, 5) is 17.0. The van der Waals surface area contributed by atoms with Crippen LogP contribution < -0.4 is 5.73 Å². The molecule has 1 aliphatic heterocycles. The number of piperazine rings is 1. The quantitative estimate of drug-likeness (QED) is 0.912. The van der Waals surface area contributed by atoms with Gasteiger partial charge >= 0.3 is 0 Å². The summed E-state index contributed by atoms with van der Waals surface area (Å²) in [7, 11) is 0. The lowest BCUT2D eigenvalue weighted by molar-refractivity contribution is -0.138. The van der Waals surface area contributed by atoms with E-state index in [9.17, 15) is 4.79 Å². The minimum atomic E-state index is -0.943. The number of nitrogens with zero attached hydrogens (tertiary/aromatic N) is 2. The van der Waals surface area contributed by atoms with E-state index >= 15 is 0 Å². The van der Waals surface area contributed by atoms with Crippen molar-refractivity contribution in [2.24, 2.45) is 5.73 Å². The van der Waals surface area contributed by atoms with Crippen molar-refractivity contribution in [2.45, 2.75) is 32.4 Å². The number of carbonyl (C=O) groups is 1. The maximum Gasteiger partial charge on any atom is 0.247 e. The molecule has 0 radical (unpaired) electrons. The summed E-state index contributed by atoms with van der Waals surface area (Å²) >= 11 is 0. The minimum Gasteiger partial charge on any atom is -0.338 e. The summed E-state index contributed by atoms with van der Waals surface area (Å²) in [5, 5.41) is 0. The SMILES string of the molecule is CC(C)N1CCN(C(=O)C(C)(N)c2ccccc2)CC1.Cl.Cl. The molecule has 1 fully saturated rings. The molecule has 0 aliphatic carbocycles. The molecule has 1 amide bonds. The topological polar surface area (TPSA) is 49.6 Å². The van der Waals surface area contributed by atoms with E-state index in [4.69, 9.17) is 5.73 Å². The largest absolute Gasteiger partial charge is 0.338 e. The molecular weight excluding hydrogens is 321 g/mol. The Balaban J connectivity index is 0.00000220. The van der Waals surface area contributed by atoms with E-state index in [-0.39, 0.29) is 30.7 Å². The number of hydrogen-bond acceptors (Lipinski definition) is 3. The van der Waals surface area contributed by atoms with Gasteiger partial charge in [0.15, 0.2) is 0 Å². The molecule has 1 heterocycles. The maximum absolute atomic E-state index is 12.7. The first-order chi connectivity index (χ1) is 9.43. The van der Waals surface area contributed by atoms with Gasteiger partial charge < -0.3 is 10.6 Å². The highest BCUT2D eigenvalue weighted by Gasteiger charge is 2.35. The highest BCUT2D eigenvalue weighted by Crippen LogP contribution is 2.21. The second-order valence-corrected chi connectivity index (χ2v) is 5.99. The average molecular weight is 348 g/mol. The molecule has 1 atom stereocenters. The van der Waals surface area contributed by atoms with Crippen molar-refractivity contribution in [3.05, 3.63) is 35.9 Å². The summed E-state index contributed by atoms with van der Waals surface area (Å²) in [5.74, 6) is 0.0205.